The quantitative estimate of drug-likeness (QED) is 0.329. The molecule has 3 N–H and O–H groups in total. The fourth-order valence-electron chi connectivity index (χ4n) is 6.35. The zero-order valence-electron chi connectivity index (χ0n) is 21.7. The number of carbonyl (C=O) groups is 1. The maximum Gasteiger partial charge on any atom is 0.244 e. The molecule has 5 heteroatoms. The van der Waals surface area contributed by atoms with E-state index in [1.165, 1.54) is 24.0 Å². The topological polar surface area (TPSA) is 71.3 Å². The van der Waals surface area contributed by atoms with E-state index in [-0.39, 0.29) is 17.4 Å². The first kappa shape index (κ1) is 23.8. The Morgan fingerprint density at radius 1 is 1.03 bits per heavy atom. The van der Waals surface area contributed by atoms with Crippen LogP contribution in [0, 0.1) is 0 Å². The van der Waals surface area contributed by atoms with Crippen molar-refractivity contribution in [3.05, 3.63) is 84.1 Å². The average Bonchev–Trinajstić information content (AvgIpc) is 3.62. The number of amides is 1. The molecule has 5 nitrogen and oxygen atoms in total. The smallest absolute Gasteiger partial charge is 0.244 e. The first-order valence-electron chi connectivity index (χ1n) is 13.5. The maximum absolute atomic E-state index is 13.8. The Kier molecular flexibility index (Phi) is 6.04. The first-order valence-corrected chi connectivity index (χ1v) is 13.5. The summed E-state index contributed by atoms with van der Waals surface area (Å²) in [5.41, 5.74) is 13.4. The molecular weight excluding hydrogens is 458 g/mol. The molecule has 0 radical (unpaired) electrons. The first-order chi connectivity index (χ1) is 17.9. The predicted molar refractivity (Wildman–Crippen MR) is 150 cm³/mol. The predicted octanol–water partition coefficient (Wildman–Crippen LogP) is 6.35. The number of nitrogens with zero attached hydrogens (tertiary/aromatic N) is 1. The molecule has 37 heavy (non-hydrogen) atoms. The van der Waals surface area contributed by atoms with Crippen molar-refractivity contribution in [2.24, 2.45) is 5.73 Å². The number of para-hydroxylation sites is 1. The van der Waals surface area contributed by atoms with Crippen LogP contribution in [0.4, 0.5) is 5.69 Å². The third-order valence-corrected chi connectivity index (χ3v) is 8.14. The van der Waals surface area contributed by atoms with E-state index >= 15 is 0 Å². The molecule has 1 aliphatic heterocycles. The third kappa shape index (κ3) is 4.31. The van der Waals surface area contributed by atoms with Gasteiger partial charge < -0.3 is 20.4 Å². The highest BCUT2D eigenvalue weighted by molar-refractivity contribution is 6.00. The summed E-state index contributed by atoms with van der Waals surface area (Å²) >= 11 is 0. The van der Waals surface area contributed by atoms with Crippen LogP contribution in [0.1, 0.15) is 50.7 Å². The Hall–Kier alpha value is -3.57. The summed E-state index contributed by atoms with van der Waals surface area (Å²) in [6.45, 7) is 4.80. The minimum absolute atomic E-state index is 0.0123. The van der Waals surface area contributed by atoms with Crippen molar-refractivity contribution in [3.8, 4) is 16.9 Å². The molecule has 2 aliphatic rings. The van der Waals surface area contributed by atoms with Gasteiger partial charge in [-0.1, -0.05) is 49.2 Å². The summed E-state index contributed by atoms with van der Waals surface area (Å²) < 4.78 is 5.82. The number of hydrogen-bond acceptors (Lipinski definition) is 3. The molecule has 1 amide bonds. The molecular formula is C32H35N3O2. The van der Waals surface area contributed by atoms with Crippen LogP contribution in [0.25, 0.3) is 22.0 Å². The molecule has 0 saturated heterocycles. The maximum atomic E-state index is 13.8. The second kappa shape index (κ2) is 9.38. The van der Waals surface area contributed by atoms with Crippen LogP contribution in [0.5, 0.6) is 5.75 Å². The third-order valence-electron chi connectivity index (χ3n) is 8.14. The second-order valence-electron chi connectivity index (χ2n) is 11.0. The molecule has 1 aromatic heterocycles. The Bertz CT molecular complexity index is 1430. The van der Waals surface area contributed by atoms with Gasteiger partial charge in [0.15, 0.2) is 0 Å². The molecule has 3 aromatic carbocycles. The van der Waals surface area contributed by atoms with Gasteiger partial charge in [0.25, 0.3) is 0 Å². The normalized spacial score (nSPS) is 17.0. The number of ether oxygens (including phenoxy) is 1. The summed E-state index contributed by atoms with van der Waals surface area (Å²) in [4.78, 5) is 19.0. The molecule has 190 valence electrons. The second-order valence-corrected chi connectivity index (χ2v) is 11.0. The number of carbonyl (C=O) groups excluding carboxylic acids is 1. The summed E-state index contributed by atoms with van der Waals surface area (Å²) in [5, 5.41) is 1.13. The van der Waals surface area contributed by atoms with Crippen molar-refractivity contribution in [3.63, 3.8) is 0 Å². The highest BCUT2D eigenvalue weighted by Crippen LogP contribution is 2.51. The number of rotatable bonds is 6. The van der Waals surface area contributed by atoms with Crippen molar-refractivity contribution in [1.82, 2.24) is 4.98 Å². The molecule has 1 atom stereocenters. The Labute approximate surface area is 218 Å². The van der Waals surface area contributed by atoms with E-state index < -0.39 is 6.04 Å². The molecule has 4 aromatic rings. The van der Waals surface area contributed by atoms with Gasteiger partial charge in [-0.2, -0.15) is 0 Å². The van der Waals surface area contributed by atoms with E-state index in [4.69, 9.17) is 10.5 Å². The van der Waals surface area contributed by atoms with Crippen LogP contribution in [0.2, 0.25) is 0 Å². The van der Waals surface area contributed by atoms with Crippen LogP contribution >= 0.6 is 0 Å². The summed E-state index contributed by atoms with van der Waals surface area (Å²) in [6, 6.07) is 22.5. The van der Waals surface area contributed by atoms with Crippen molar-refractivity contribution in [2.75, 3.05) is 11.4 Å². The average molecular weight is 494 g/mol. The SMILES string of the molecule is CC(C)Oc1ccc(-c2ccc3c(c2)C2(CCCC2)CN3C(=O)[C@H](N)Cc2c[nH]c3ccccc23)cc1. The number of nitrogens with one attached hydrogen (secondary N) is 1. The van der Waals surface area contributed by atoms with Gasteiger partial charge in [0.05, 0.1) is 12.1 Å². The number of nitrogens with two attached hydrogens (primary N) is 1. The van der Waals surface area contributed by atoms with E-state index in [0.717, 1.165) is 52.9 Å². The molecule has 1 fully saturated rings. The summed E-state index contributed by atoms with van der Waals surface area (Å²) in [6.07, 6.45) is 7.29. The number of H-pyrrole nitrogens is 1. The van der Waals surface area contributed by atoms with Crippen molar-refractivity contribution < 1.29 is 9.53 Å². The lowest BCUT2D eigenvalue weighted by Gasteiger charge is -2.26. The highest BCUT2D eigenvalue weighted by Gasteiger charge is 2.47. The van der Waals surface area contributed by atoms with E-state index in [0.29, 0.717) is 6.42 Å². The zero-order valence-corrected chi connectivity index (χ0v) is 21.7. The van der Waals surface area contributed by atoms with Gasteiger partial charge in [0.2, 0.25) is 5.91 Å². The van der Waals surface area contributed by atoms with Gasteiger partial charge in [0.1, 0.15) is 5.75 Å². The molecule has 1 aliphatic carbocycles. The fraction of sp³-hybridized carbons (Fsp3) is 0.344. The van der Waals surface area contributed by atoms with Gasteiger partial charge in [-0.05, 0) is 85.7 Å². The van der Waals surface area contributed by atoms with Crippen LogP contribution in [0.3, 0.4) is 0 Å². The van der Waals surface area contributed by atoms with Crippen LogP contribution in [-0.2, 0) is 16.6 Å². The van der Waals surface area contributed by atoms with Crippen LogP contribution < -0.4 is 15.4 Å². The van der Waals surface area contributed by atoms with Crippen molar-refractivity contribution in [1.29, 1.82) is 0 Å². The molecule has 0 unspecified atom stereocenters. The lowest BCUT2D eigenvalue weighted by atomic mass is 9.80. The van der Waals surface area contributed by atoms with Gasteiger partial charge in [-0.15, -0.1) is 0 Å². The minimum atomic E-state index is -0.586. The number of hydrogen-bond donors (Lipinski definition) is 2. The molecule has 2 heterocycles. The van der Waals surface area contributed by atoms with Gasteiger partial charge in [0, 0.05) is 34.7 Å². The Balaban J connectivity index is 1.29. The molecule has 0 bridgehead atoms. The van der Waals surface area contributed by atoms with Gasteiger partial charge in [-0.25, -0.2) is 0 Å². The number of aromatic amines is 1. The van der Waals surface area contributed by atoms with Gasteiger partial charge in [-0.3, -0.25) is 4.79 Å². The summed E-state index contributed by atoms with van der Waals surface area (Å²) in [5.74, 6) is 0.895. The van der Waals surface area contributed by atoms with Crippen molar-refractivity contribution in [2.45, 2.75) is 63.5 Å². The van der Waals surface area contributed by atoms with E-state index in [1.807, 2.05) is 49.2 Å². The lowest BCUT2D eigenvalue weighted by molar-refractivity contribution is -0.119. The largest absolute Gasteiger partial charge is 0.491 e. The van der Waals surface area contributed by atoms with Crippen LogP contribution in [-0.4, -0.2) is 29.6 Å². The monoisotopic (exact) mass is 493 g/mol. The number of anilines is 1. The molecule has 1 saturated carbocycles. The van der Waals surface area contributed by atoms with Crippen LogP contribution in [0.15, 0.2) is 72.9 Å². The van der Waals surface area contributed by atoms with E-state index in [1.54, 1.807) is 0 Å². The summed E-state index contributed by atoms with van der Waals surface area (Å²) in [7, 11) is 0. The number of aromatic nitrogens is 1. The number of benzene rings is 3. The van der Waals surface area contributed by atoms with Gasteiger partial charge >= 0.3 is 0 Å². The number of fused-ring (bicyclic) bond motifs is 3. The molecule has 6 rings (SSSR count). The Morgan fingerprint density at radius 3 is 2.51 bits per heavy atom. The zero-order chi connectivity index (χ0) is 25.6. The van der Waals surface area contributed by atoms with E-state index in [9.17, 15) is 4.79 Å². The molecule has 1 spiro atoms. The van der Waals surface area contributed by atoms with E-state index in [2.05, 4.69) is 47.4 Å². The fourth-order valence-corrected chi connectivity index (χ4v) is 6.35. The standard InChI is InChI=1S/C32H35N3O2/c1-21(2)37-25-12-9-22(10-13-25)23-11-14-30-27(17-23)32(15-5-6-16-32)20-35(30)31(36)28(33)18-24-19-34-29-8-4-3-7-26(24)29/h3-4,7-14,17,19,21,28,34H,5-6,15-16,18,20,33H2,1-2H3/t28-/m1/s1. The lowest BCUT2D eigenvalue weighted by Crippen LogP contribution is -2.46. The minimum Gasteiger partial charge on any atom is -0.491 e. The highest BCUT2D eigenvalue weighted by atomic mass is 16.5. The van der Waals surface area contributed by atoms with Crippen molar-refractivity contribution >= 4 is 22.5 Å². The Morgan fingerprint density at radius 2 is 1.76 bits per heavy atom.